The smallest absolute Gasteiger partial charge is 0.250 e. The van der Waals surface area contributed by atoms with Crippen LogP contribution in [-0.4, -0.2) is 19.0 Å². The van der Waals surface area contributed by atoms with E-state index < -0.39 is 0 Å². The second-order valence-corrected chi connectivity index (χ2v) is 6.45. The van der Waals surface area contributed by atoms with Crippen LogP contribution in [0.4, 0.5) is 5.69 Å². The predicted octanol–water partition coefficient (Wildman–Crippen LogP) is 4.18. The Kier molecular flexibility index (Phi) is 4.43. The van der Waals surface area contributed by atoms with E-state index in [-0.39, 0.29) is 18.0 Å². The molecule has 24 heavy (non-hydrogen) atoms. The van der Waals surface area contributed by atoms with Crippen molar-refractivity contribution in [2.75, 3.05) is 11.9 Å². The third-order valence-electron chi connectivity index (χ3n) is 4.98. The molecule has 0 saturated heterocycles. The summed E-state index contributed by atoms with van der Waals surface area (Å²) in [7, 11) is 2.05. The number of allylic oxidation sites excluding steroid dienone is 1. The predicted molar refractivity (Wildman–Crippen MR) is 99.9 cm³/mol. The Labute approximate surface area is 144 Å². The molecule has 2 aromatic rings. The lowest BCUT2D eigenvalue weighted by molar-refractivity contribution is -0.118. The van der Waals surface area contributed by atoms with Crippen LogP contribution in [0.1, 0.15) is 37.9 Å². The van der Waals surface area contributed by atoms with Gasteiger partial charge >= 0.3 is 0 Å². The zero-order valence-electron chi connectivity index (χ0n) is 14.7. The first kappa shape index (κ1) is 16.3. The number of benzene rings is 2. The van der Waals surface area contributed by atoms with Crippen LogP contribution in [0.15, 0.2) is 60.2 Å². The Morgan fingerprint density at radius 3 is 2.42 bits per heavy atom. The summed E-state index contributed by atoms with van der Waals surface area (Å²) < 4.78 is 0. The highest BCUT2D eigenvalue weighted by atomic mass is 16.1. The first-order valence-corrected chi connectivity index (χ1v) is 8.39. The van der Waals surface area contributed by atoms with Crippen LogP contribution in [0.5, 0.6) is 0 Å². The lowest BCUT2D eigenvalue weighted by Gasteiger charge is -2.36. The number of hydrogen-bond donors (Lipinski definition) is 1. The first-order chi connectivity index (χ1) is 11.5. The van der Waals surface area contributed by atoms with E-state index in [4.69, 9.17) is 0 Å². The molecule has 0 bridgehead atoms. The van der Waals surface area contributed by atoms with Gasteiger partial charge in [-0.05, 0) is 38.0 Å². The maximum atomic E-state index is 13.0. The van der Waals surface area contributed by atoms with Gasteiger partial charge in [-0.2, -0.15) is 0 Å². The number of nitrogens with one attached hydrogen (secondary N) is 1. The second kappa shape index (κ2) is 6.52. The van der Waals surface area contributed by atoms with Crippen molar-refractivity contribution in [2.45, 2.75) is 32.9 Å². The Balaban J connectivity index is 1.91. The van der Waals surface area contributed by atoms with Crippen molar-refractivity contribution < 1.29 is 4.79 Å². The van der Waals surface area contributed by atoms with E-state index in [1.807, 2.05) is 63.4 Å². The first-order valence-electron chi connectivity index (χ1n) is 8.39. The molecule has 0 radical (unpaired) electrons. The normalized spacial score (nSPS) is 18.2. The van der Waals surface area contributed by atoms with Gasteiger partial charge in [0.25, 0.3) is 0 Å². The molecule has 1 N–H and O–H groups in total. The van der Waals surface area contributed by atoms with Crippen LogP contribution < -0.4 is 10.2 Å². The molecule has 124 valence electrons. The highest BCUT2D eigenvalue weighted by molar-refractivity contribution is 6.05. The van der Waals surface area contributed by atoms with Crippen molar-refractivity contribution in [3.63, 3.8) is 0 Å². The molecule has 2 aromatic carbocycles. The molecule has 1 heterocycles. The van der Waals surface area contributed by atoms with E-state index in [1.165, 1.54) is 5.69 Å². The molecule has 1 aliphatic rings. The summed E-state index contributed by atoms with van der Waals surface area (Å²) in [6, 6.07) is 18.3. The number of anilines is 1. The highest BCUT2D eigenvalue weighted by Crippen LogP contribution is 2.37. The van der Waals surface area contributed by atoms with E-state index in [0.29, 0.717) is 0 Å². The van der Waals surface area contributed by atoms with Crippen molar-refractivity contribution >= 4 is 17.2 Å². The largest absolute Gasteiger partial charge is 0.367 e. The number of nitrogens with zero attached hydrogens (tertiary/aromatic N) is 1. The van der Waals surface area contributed by atoms with Gasteiger partial charge in [0.1, 0.15) is 0 Å². The Bertz CT molecular complexity index is 779. The lowest BCUT2D eigenvalue weighted by atomic mass is 9.89. The fraction of sp³-hybridized carbons (Fsp3) is 0.286. The summed E-state index contributed by atoms with van der Waals surface area (Å²) in [5.41, 5.74) is 5.33. The molecular formula is C21H24N2O. The molecule has 0 saturated carbocycles. The van der Waals surface area contributed by atoms with Gasteiger partial charge in [-0.1, -0.05) is 48.5 Å². The molecule has 2 atom stereocenters. The van der Waals surface area contributed by atoms with E-state index in [9.17, 15) is 4.79 Å². The molecule has 3 rings (SSSR count). The van der Waals surface area contributed by atoms with Gasteiger partial charge in [0.05, 0.1) is 12.1 Å². The van der Waals surface area contributed by atoms with Gasteiger partial charge in [0.2, 0.25) is 5.91 Å². The van der Waals surface area contributed by atoms with Crippen LogP contribution in [0.25, 0.3) is 5.57 Å². The van der Waals surface area contributed by atoms with Crippen LogP contribution >= 0.6 is 0 Å². The monoisotopic (exact) mass is 320 g/mol. The maximum Gasteiger partial charge on any atom is 0.250 e. The average Bonchev–Trinajstić information content (AvgIpc) is 2.60. The number of carbonyl (C=O) groups excluding carboxylic acids is 1. The van der Waals surface area contributed by atoms with E-state index in [2.05, 4.69) is 29.3 Å². The third kappa shape index (κ3) is 2.82. The summed E-state index contributed by atoms with van der Waals surface area (Å²) >= 11 is 0. The molecule has 0 aromatic heterocycles. The molecule has 1 amide bonds. The molecule has 0 unspecified atom stereocenters. The van der Waals surface area contributed by atoms with Gasteiger partial charge in [-0.3, -0.25) is 4.79 Å². The quantitative estimate of drug-likeness (QED) is 0.920. The van der Waals surface area contributed by atoms with Crippen molar-refractivity contribution in [1.82, 2.24) is 5.32 Å². The van der Waals surface area contributed by atoms with Crippen molar-refractivity contribution in [2.24, 2.45) is 0 Å². The van der Waals surface area contributed by atoms with Crippen LogP contribution in [-0.2, 0) is 4.79 Å². The number of carbonyl (C=O) groups is 1. The van der Waals surface area contributed by atoms with Crippen molar-refractivity contribution in [3.8, 4) is 0 Å². The second-order valence-electron chi connectivity index (χ2n) is 6.45. The van der Waals surface area contributed by atoms with Gasteiger partial charge in [-0.25, -0.2) is 0 Å². The van der Waals surface area contributed by atoms with Gasteiger partial charge in [-0.15, -0.1) is 0 Å². The number of amides is 1. The minimum atomic E-state index is -0.0197. The summed E-state index contributed by atoms with van der Waals surface area (Å²) in [4.78, 5) is 15.1. The minimum Gasteiger partial charge on any atom is -0.367 e. The SMILES string of the molecule is CC1=C(C(=O)N[C@@H](C)c2ccccc2)[C@H](C)N(C)c2ccccc21. The summed E-state index contributed by atoms with van der Waals surface area (Å²) in [5, 5.41) is 3.15. The molecule has 1 aliphatic heterocycles. The van der Waals surface area contributed by atoms with E-state index >= 15 is 0 Å². The van der Waals surface area contributed by atoms with Gasteiger partial charge < -0.3 is 10.2 Å². The van der Waals surface area contributed by atoms with Crippen LogP contribution in [0.2, 0.25) is 0 Å². The van der Waals surface area contributed by atoms with Crippen molar-refractivity contribution in [1.29, 1.82) is 0 Å². The van der Waals surface area contributed by atoms with Crippen LogP contribution in [0, 0.1) is 0 Å². The van der Waals surface area contributed by atoms with Crippen molar-refractivity contribution in [3.05, 3.63) is 71.3 Å². The summed E-state index contributed by atoms with van der Waals surface area (Å²) in [6.07, 6.45) is 0. The fourth-order valence-corrected chi connectivity index (χ4v) is 3.42. The third-order valence-corrected chi connectivity index (χ3v) is 4.98. The maximum absolute atomic E-state index is 13.0. The van der Waals surface area contributed by atoms with E-state index in [0.717, 1.165) is 22.3 Å². The fourth-order valence-electron chi connectivity index (χ4n) is 3.42. The zero-order chi connectivity index (χ0) is 17.3. The number of likely N-dealkylation sites (N-methyl/N-ethyl adjacent to an activating group) is 1. The summed E-state index contributed by atoms with van der Waals surface area (Å²) in [5.74, 6) is 0.0118. The highest BCUT2D eigenvalue weighted by Gasteiger charge is 2.30. The molecule has 3 heteroatoms. The molecular weight excluding hydrogens is 296 g/mol. The van der Waals surface area contributed by atoms with Gasteiger partial charge in [0, 0.05) is 23.9 Å². The Morgan fingerprint density at radius 2 is 1.71 bits per heavy atom. The standard InChI is InChI=1S/C21H24N2O/c1-14-18-12-8-9-13-19(18)23(4)16(3)20(14)21(24)22-15(2)17-10-6-5-7-11-17/h5-13,15-16H,1-4H3,(H,22,24)/t15-,16-/m0/s1. The molecule has 3 nitrogen and oxygen atoms in total. The number of hydrogen-bond acceptors (Lipinski definition) is 2. The average molecular weight is 320 g/mol. The zero-order valence-corrected chi connectivity index (χ0v) is 14.7. The van der Waals surface area contributed by atoms with Crippen LogP contribution in [0.3, 0.4) is 0 Å². The summed E-state index contributed by atoms with van der Waals surface area (Å²) in [6.45, 7) is 6.15. The Hall–Kier alpha value is -2.55. The lowest BCUT2D eigenvalue weighted by Crippen LogP contribution is -2.41. The number of rotatable bonds is 3. The van der Waals surface area contributed by atoms with E-state index in [1.54, 1.807) is 0 Å². The van der Waals surface area contributed by atoms with Gasteiger partial charge in [0.15, 0.2) is 0 Å². The molecule has 0 spiro atoms. The number of fused-ring (bicyclic) bond motifs is 1. The minimum absolute atomic E-state index is 0.0118. The number of para-hydroxylation sites is 1. The molecule has 0 aliphatic carbocycles. The topological polar surface area (TPSA) is 32.3 Å². The Morgan fingerprint density at radius 1 is 1.08 bits per heavy atom. The molecule has 0 fully saturated rings.